The van der Waals surface area contributed by atoms with Crippen LogP contribution in [0.5, 0.6) is 0 Å². The van der Waals surface area contributed by atoms with E-state index in [1.165, 1.54) is 11.3 Å². The summed E-state index contributed by atoms with van der Waals surface area (Å²) in [5.74, 6) is 1.43. The number of fused-ring (bicyclic) bond motifs is 1. The molecule has 35 heavy (non-hydrogen) atoms. The molecule has 3 heterocycles. The normalized spacial score (nSPS) is 22.8. The number of aryl methyl sites for hydroxylation is 1. The topological polar surface area (TPSA) is 72.8 Å². The number of hydrogen-bond donors (Lipinski definition) is 1. The number of hydrogen-bond acceptors (Lipinski definition) is 6. The van der Waals surface area contributed by atoms with Gasteiger partial charge in [0.2, 0.25) is 5.91 Å². The molecule has 0 bridgehead atoms. The van der Waals surface area contributed by atoms with E-state index in [-0.39, 0.29) is 42.7 Å². The molecule has 1 amide bonds. The number of carbonyl (C=O) groups is 1. The predicted molar refractivity (Wildman–Crippen MR) is 143 cm³/mol. The van der Waals surface area contributed by atoms with Crippen molar-refractivity contribution in [1.82, 2.24) is 19.8 Å². The van der Waals surface area contributed by atoms with Crippen LogP contribution in [0.25, 0.3) is 0 Å². The Morgan fingerprint density at radius 2 is 1.80 bits per heavy atom. The Morgan fingerprint density at radius 1 is 1.09 bits per heavy atom. The lowest BCUT2D eigenvalue weighted by Crippen LogP contribution is -2.51. The van der Waals surface area contributed by atoms with Crippen LogP contribution in [0, 0.1) is 0 Å². The lowest BCUT2D eigenvalue weighted by Gasteiger charge is -2.38. The molecule has 2 fully saturated rings. The number of aliphatic hydroxyl groups is 1. The van der Waals surface area contributed by atoms with Crippen LogP contribution in [0.15, 0.2) is 30.6 Å². The van der Waals surface area contributed by atoms with Crippen LogP contribution in [0.3, 0.4) is 0 Å². The van der Waals surface area contributed by atoms with Crippen molar-refractivity contribution in [2.24, 2.45) is 0 Å². The second-order valence-corrected chi connectivity index (χ2v) is 10.1. The van der Waals surface area contributed by atoms with Crippen molar-refractivity contribution in [2.75, 3.05) is 50.7 Å². The van der Waals surface area contributed by atoms with Gasteiger partial charge < -0.3 is 14.9 Å². The molecule has 2 saturated heterocycles. The summed E-state index contributed by atoms with van der Waals surface area (Å²) in [6.45, 7) is 7.23. The zero-order chi connectivity index (χ0) is 22.9. The Kier molecular flexibility index (Phi) is 9.63. The van der Waals surface area contributed by atoms with Gasteiger partial charge in [-0.15, -0.1) is 24.8 Å². The number of nitrogens with zero attached hydrogens (tertiary/aromatic N) is 5. The molecule has 192 valence electrons. The van der Waals surface area contributed by atoms with Crippen molar-refractivity contribution in [3.63, 3.8) is 0 Å². The van der Waals surface area contributed by atoms with Crippen LogP contribution in [-0.2, 0) is 11.2 Å². The first-order valence-electron chi connectivity index (χ1n) is 12.0. The lowest BCUT2D eigenvalue weighted by atomic mass is 9.96. The SMILES string of the molecule is C[C@@H]1CCc2ncnc(N3CCN(C(=O)C(CN4CC[C@H](O)C4)c4ccc(Cl)cc4)CC3)c21.Cl.Cl. The van der Waals surface area contributed by atoms with Gasteiger partial charge in [-0.25, -0.2) is 9.97 Å². The van der Waals surface area contributed by atoms with Gasteiger partial charge in [-0.05, 0) is 42.9 Å². The minimum Gasteiger partial charge on any atom is -0.392 e. The van der Waals surface area contributed by atoms with E-state index in [2.05, 4.69) is 26.7 Å². The molecule has 0 saturated carbocycles. The van der Waals surface area contributed by atoms with Crippen LogP contribution < -0.4 is 4.90 Å². The highest BCUT2D eigenvalue weighted by Gasteiger charge is 2.34. The van der Waals surface area contributed by atoms with E-state index in [0.717, 1.165) is 50.3 Å². The number of halogens is 3. The maximum Gasteiger partial charge on any atom is 0.231 e. The Bertz CT molecular complexity index is 1000. The standard InChI is InChI=1S/C25H32ClN5O2.2ClH/c1-17-2-7-22-23(17)24(28-16-27-22)30-10-12-31(13-11-30)25(33)21(15-29-9-8-20(32)14-29)18-3-5-19(26)6-4-18;;/h3-6,16-17,20-21,32H,2,7-15H2,1H3;2*1H/t17-,20+,21?;;/m1../s1. The van der Waals surface area contributed by atoms with Crippen LogP contribution in [0.2, 0.25) is 5.02 Å². The van der Waals surface area contributed by atoms with Gasteiger partial charge in [0.05, 0.1) is 12.0 Å². The van der Waals surface area contributed by atoms with E-state index in [1.54, 1.807) is 6.33 Å². The number of aromatic nitrogens is 2. The molecule has 0 radical (unpaired) electrons. The summed E-state index contributed by atoms with van der Waals surface area (Å²) < 4.78 is 0. The molecule has 1 aromatic heterocycles. The molecule has 2 aromatic rings. The van der Waals surface area contributed by atoms with E-state index in [1.807, 2.05) is 29.2 Å². The first-order chi connectivity index (χ1) is 16.0. The van der Waals surface area contributed by atoms with Crippen molar-refractivity contribution < 1.29 is 9.90 Å². The van der Waals surface area contributed by atoms with Crippen LogP contribution >= 0.6 is 36.4 Å². The third kappa shape index (κ3) is 6.03. The van der Waals surface area contributed by atoms with E-state index in [0.29, 0.717) is 37.1 Å². The zero-order valence-electron chi connectivity index (χ0n) is 20.0. The number of benzene rings is 1. The highest BCUT2D eigenvalue weighted by molar-refractivity contribution is 6.30. The number of likely N-dealkylation sites (tertiary alicyclic amines) is 1. The minimum absolute atomic E-state index is 0. The van der Waals surface area contributed by atoms with Crippen molar-refractivity contribution in [3.8, 4) is 0 Å². The van der Waals surface area contributed by atoms with Gasteiger partial charge in [0.15, 0.2) is 0 Å². The summed E-state index contributed by atoms with van der Waals surface area (Å²) in [4.78, 5) is 29.3. The van der Waals surface area contributed by atoms with Crippen molar-refractivity contribution in [2.45, 2.75) is 44.1 Å². The van der Waals surface area contributed by atoms with Crippen LogP contribution in [0.4, 0.5) is 5.82 Å². The lowest BCUT2D eigenvalue weighted by molar-refractivity contribution is -0.133. The third-order valence-corrected chi connectivity index (χ3v) is 7.65. The number of carbonyl (C=O) groups excluding carboxylic acids is 1. The van der Waals surface area contributed by atoms with Crippen molar-refractivity contribution in [1.29, 1.82) is 0 Å². The minimum atomic E-state index is -0.300. The molecule has 10 heteroatoms. The fourth-order valence-electron chi connectivity index (χ4n) is 5.49. The quantitative estimate of drug-likeness (QED) is 0.623. The maximum atomic E-state index is 13.7. The highest BCUT2D eigenvalue weighted by atomic mass is 35.5. The van der Waals surface area contributed by atoms with Crippen molar-refractivity contribution >= 4 is 48.1 Å². The summed E-state index contributed by atoms with van der Waals surface area (Å²) in [6, 6.07) is 7.62. The molecule has 5 rings (SSSR count). The molecule has 3 atom stereocenters. The second kappa shape index (κ2) is 12.1. The molecule has 0 spiro atoms. The summed E-state index contributed by atoms with van der Waals surface area (Å²) in [6.07, 6.45) is 4.31. The fourth-order valence-corrected chi connectivity index (χ4v) is 5.62. The molecule has 2 aliphatic heterocycles. The first-order valence-corrected chi connectivity index (χ1v) is 12.4. The molecule has 3 aliphatic rings. The Morgan fingerprint density at radius 3 is 2.46 bits per heavy atom. The van der Waals surface area contributed by atoms with Gasteiger partial charge in [0.1, 0.15) is 12.1 Å². The molecular formula is C25H34Cl3N5O2. The number of amides is 1. The number of β-amino-alcohol motifs (C(OH)–C–C–N with tert-alkyl or cyclic N) is 1. The van der Waals surface area contributed by atoms with E-state index in [4.69, 9.17) is 11.6 Å². The van der Waals surface area contributed by atoms with Gasteiger partial charge in [0, 0.05) is 62.1 Å². The second-order valence-electron chi connectivity index (χ2n) is 9.62. The van der Waals surface area contributed by atoms with Crippen LogP contribution in [0.1, 0.15) is 48.4 Å². The number of anilines is 1. The molecule has 1 N–H and O–H groups in total. The Balaban J connectivity index is 0.00000171. The van der Waals surface area contributed by atoms with E-state index in [9.17, 15) is 9.90 Å². The van der Waals surface area contributed by atoms with Crippen LogP contribution in [-0.4, -0.2) is 82.7 Å². The first kappa shape index (κ1) is 27.9. The highest BCUT2D eigenvalue weighted by Crippen LogP contribution is 2.37. The summed E-state index contributed by atoms with van der Waals surface area (Å²) >= 11 is 6.10. The van der Waals surface area contributed by atoms with E-state index >= 15 is 0 Å². The molecule has 1 aromatic carbocycles. The number of rotatable bonds is 5. The number of piperazine rings is 1. The smallest absolute Gasteiger partial charge is 0.231 e. The summed E-state index contributed by atoms with van der Waals surface area (Å²) in [7, 11) is 0. The molecule has 7 nitrogen and oxygen atoms in total. The average Bonchev–Trinajstić information content (AvgIpc) is 3.43. The summed E-state index contributed by atoms with van der Waals surface area (Å²) in [5.41, 5.74) is 3.46. The van der Waals surface area contributed by atoms with Gasteiger partial charge >= 0.3 is 0 Å². The molecule has 1 unspecified atom stereocenters. The predicted octanol–water partition coefficient (Wildman–Crippen LogP) is 3.52. The largest absolute Gasteiger partial charge is 0.392 e. The number of aliphatic hydroxyl groups excluding tert-OH is 1. The van der Waals surface area contributed by atoms with Gasteiger partial charge in [-0.3, -0.25) is 9.69 Å². The third-order valence-electron chi connectivity index (χ3n) is 7.40. The Hall–Kier alpha value is -1.64. The molecular weight excluding hydrogens is 509 g/mol. The van der Waals surface area contributed by atoms with Gasteiger partial charge in [-0.2, -0.15) is 0 Å². The average molecular weight is 543 g/mol. The van der Waals surface area contributed by atoms with E-state index < -0.39 is 0 Å². The Labute approximate surface area is 224 Å². The van der Waals surface area contributed by atoms with Crippen molar-refractivity contribution in [3.05, 3.63) is 52.4 Å². The fraction of sp³-hybridized carbons (Fsp3) is 0.560. The summed E-state index contributed by atoms with van der Waals surface area (Å²) in [5, 5.41) is 10.6. The van der Waals surface area contributed by atoms with Gasteiger partial charge in [0.25, 0.3) is 0 Å². The maximum absolute atomic E-state index is 13.7. The zero-order valence-corrected chi connectivity index (χ0v) is 22.4. The van der Waals surface area contributed by atoms with Gasteiger partial charge in [-0.1, -0.05) is 30.7 Å². The monoisotopic (exact) mass is 541 g/mol. The molecule has 1 aliphatic carbocycles.